The van der Waals surface area contributed by atoms with Gasteiger partial charge in [0, 0.05) is 25.6 Å². The number of rotatable bonds is 11. The third-order valence-electron chi connectivity index (χ3n) is 7.19. The Hall–Kier alpha value is -5.01. The summed E-state index contributed by atoms with van der Waals surface area (Å²) in [5.41, 5.74) is -1.39. The maximum Gasteiger partial charge on any atom is 0.337 e. The molecule has 0 spiro atoms. The number of nitrogens with zero attached hydrogens (tertiary/aromatic N) is 5. The molecule has 0 N–H and O–H groups in total. The van der Waals surface area contributed by atoms with E-state index in [0.29, 0.717) is 15.9 Å². The van der Waals surface area contributed by atoms with Crippen molar-refractivity contribution in [2.45, 2.75) is 19.5 Å². The molecule has 5 rings (SSSR count). The van der Waals surface area contributed by atoms with E-state index < -0.39 is 46.5 Å². The first kappa shape index (κ1) is 31.4. The SMILES string of the molecule is COCC(=O)Cc1ccc(-n2nc3c(c2CN(C)C)c(=O)n(-c2cccc(OC)c2F)c(=O)n3Cc2c(F)cccc2F)cc1. The summed E-state index contributed by atoms with van der Waals surface area (Å²) in [4.78, 5) is 42.1. The van der Waals surface area contributed by atoms with Crippen LogP contribution in [0.5, 0.6) is 5.75 Å². The lowest BCUT2D eigenvalue weighted by Crippen LogP contribution is -2.40. The predicted octanol–water partition coefficient (Wildman–Crippen LogP) is 3.63. The van der Waals surface area contributed by atoms with Gasteiger partial charge in [-0.15, -0.1) is 5.10 Å². The second-order valence-corrected chi connectivity index (χ2v) is 10.6. The van der Waals surface area contributed by atoms with Gasteiger partial charge in [-0.25, -0.2) is 27.2 Å². The zero-order valence-electron chi connectivity index (χ0n) is 25.0. The van der Waals surface area contributed by atoms with Gasteiger partial charge in [-0.1, -0.05) is 24.3 Å². The minimum Gasteiger partial charge on any atom is -0.494 e. The highest BCUT2D eigenvalue weighted by Gasteiger charge is 2.27. The molecule has 2 heterocycles. The third kappa shape index (κ3) is 6.04. The number of ether oxygens (including phenoxy) is 2. The van der Waals surface area contributed by atoms with Gasteiger partial charge < -0.3 is 14.4 Å². The van der Waals surface area contributed by atoms with Crippen LogP contribution in [0.4, 0.5) is 13.2 Å². The van der Waals surface area contributed by atoms with Crippen LogP contribution in [0.15, 0.2) is 70.3 Å². The number of carbonyl (C=O) groups excluding carboxylic acids is 1. The number of hydrogen-bond acceptors (Lipinski definition) is 7. The smallest absolute Gasteiger partial charge is 0.337 e. The van der Waals surface area contributed by atoms with Crippen molar-refractivity contribution >= 4 is 16.8 Å². The average Bonchev–Trinajstić information content (AvgIpc) is 3.36. The maximum absolute atomic E-state index is 15.5. The molecule has 0 saturated heterocycles. The van der Waals surface area contributed by atoms with Crippen molar-refractivity contribution in [2.75, 3.05) is 34.9 Å². The number of carbonyl (C=O) groups is 1. The molecule has 5 aromatic rings. The maximum atomic E-state index is 15.5. The van der Waals surface area contributed by atoms with Crippen LogP contribution in [0.2, 0.25) is 0 Å². The lowest BCUT2D eigenvalue weighted by atomic mass is 10.1. The number of Topliss-reactive ketones (excluding diaryl/α,β-unsaturated/α-hetero) is 1. The van der Waals surface area contributed by atoms with Crippen LogP contribution in [0.1, 0.15) is 16.8 Å². The minimum atomic E-state index is -1.06. The van der Waals surface area contributed by atoms with Crippen LogP contribution >= 0.6 is 0 Å². The number of aromatic nitrogens is 4. The Morgan fingerprint density at radius 1 is 0.933 bits per heavy atom. The zero-order chi connectivity index (χ0) is 32.4. The molecule has 0 amide bonds. The van der Waals surface area contributed by atoms with Gasteiger partial charge in [-0.05, 0) is 56.1 Å². The molecule has 0 unspecified atom stereocenters. The van der Waals surface area contributed by atoms with Gasteiger partial charge in [-0.2, -0.15) is 0 Å². The number of ketones is 1. The van der Waals surface area contributed by atoms with Gasteiger partial charge in [0.1, 0.15) is 23.6 Å². The summed E-state index contributed by atoms with van der Waals surface area (Å²) in [6.07, 6.45) is 0.143. The van der Waals surface area contributed by atoms with Gasteiger partial charge in [0.2, 0.25) is 0 Å². The van der Waals surface area contributed by atoms with Crippen molar-refractivity contribution in [1.82, 2.24) is 23.8 Å². The fourth-order valence-corrected chi connectivity index (χ4v) is 5.14. The van der Waals surface area contributed by atoms with E-state index in [2.05, 4.69) is 5.10 Å². The van der Waals surface area contributed by atoms with E-state index in [-0.39, 0.29) is 42.1 Å². The monoisotopic (exact) mass is 621 g/mol. The summed E-state index contributed by atoms with van der Waals surface area (Å²) >= 11 is 0. The Morgan fingerprint density at radius 2 is 1.60 bits per heavy atom. The van der Waals surface area contributed by atoms with Crippen molar-refractivity contribution in [2.24, 2.45) is 0 Å². The molecule has 0 radical (unpaired) electrons. The van der Waals surface area contributed by atoms with Crippen LogP contribution in [0.25, 0.3) is 22.4 Å². The summed E-state index contributed by atoms with van der Waals surface area (Å²) in [5, 5.41) is 4.56. The van der Waals surface area contributed by atoms with Crippen molar-refractivity contribution < 1.29 is 27.4 Å². The largest absolute Gasteiger partial charge is 0.494 e. The Morgan fingerprint density at radius 3 is 2.22 bits per heavy atom. The van der Waals surface area contributed by atoms with E-state index in [0.717, 1.165) is 22.3 Å². The normalized spacial score (nSPS) is 11.5. The fraction of sp³-hybridized carbons (Fsp3) is 0.250. The zero-order valence-corrected chi connectivity index (χ0v) is 25.0. The number of methoxy groups -OCH3 is 2. The lowest BCUT2D eigenvalue weighted by Gasteiger charge is -2.15. The number of halogens is 3. The number of hydrogen-bond donors (Lipinski definition) is 0. The van der Waals surface area contributed by atoms with Gasteiger partial charge in [0.05, 0.1) is 30.7 Å². The van der Waals surface area contributed by atoms with Crippen LogP contribution in [-0.2, 0) is 29.0 Å². The third-order valence-corrected chi connectivity index (χ3v) is 7.19. The minimum absolute atomic E-state index is 0.0282. The Kier molecular flexibility index (Phi) is 9.02. The molecule has 0 aliphatic rings. The molecule has 45 heavy (non-hydrogen) atoms. The molecular formula is C32H30F3N5O5. The van der Waals surface area contributed by atoms with E-state index in [1.54, 1.807) is 43.3 Å². The van der Waals surface area contributed by atoms with Gasteiger partial charge in [0.15, 0.2) is 23.0 Å². The number of fused-ring (bicyclic) bond motifs is 1. The quantitative estimate of drug-likeness (QED) is 0.222. The van der Waals surface area contributed by atoms with Crippen LogP contribution in [0.3, 0.4) is 0 Å². The molecule has 0 aliphatic heterocycles. The van der Waals surface area contributed by atoms with Crippen molar-refractivity contribution in [3.8, 4) is 17.1 Å². The predicted molar refractivity (Wildman–Crippen MR) is 161 cm³/mol. The molecule has 13 heteroatoms. The molecule has 10 nitrogen and oxygen atoms in total. The molecule has 0 atom stereocenters. The first-order valence-corrected chi connectivity index (χ1v) is 13.8. The molecule has 234 valence electrons. The Balaban J connectivity index is 1.83. The lowest BCUT2D eigenvalue weighted by molar-refractivity contribution is -0.121. The topological polar surface area (TPSA) is 101 Å². The van der Waals surface area contributed by atoms with E-state index >= 15 is 4.39 Å². The average molecular weight is 622 g/mol. The summed E-state index contributed by atoms with van der Waals surface area (Å²) in [6, 6.07) is 14.1. The summed E-state index contributed by atoms with van der Waals surface area (Å²) in [5.74, 6) is -3.11. The number of benzene rings is 3. The van der Waals surface area contributed by atoms with Crippen molar-refractivity contribution in [3.05, 3.63) is 116 Å². The van der Waals surface area contributed by atoms with Crippen LogP contribution in [0, 0.1) is 17.5 Å². The van der Waals surface area contributed by atoms with Gasteiger partial charge >= 0.3 is 5.69 Å². The highest BCUT2D eigenvalue weighted by molar-refractivity contribution is 5.82. The second-order valence-electron chi connectivity index (χ2n) is 10.6. The summed E-state index contributed by atoms with van der Waals surface area (Å²) in [6.45, 7) is -0.523. The van der Waals surface area contributed by atoms with E-state index in [4.69, 9.17) is 9.47 Å². The molecule has 0 aliphatic carbocycles. The molecular weight excluding hydrogens is 591 g/mol. The van der Waals surface area contributed by atoms with E-state index in [1.165, 1.54) is 43.2 Å². The molecule has 3 aromatic carbocycles. The first-order chi connectivity index (χ1) is 21.5. The van der Waals surface area contributed by atoms with Crippen molar-refractivity contribution in [1.29, 1.82) is 0 Å². The standard InChI is InChI=1S/C32H30F3N5O5/c1-37(2)17-26-28-30(36-40(26)20-13-11-19(12-14-20)15-21(41)18-44-3)38(16-22-23(33)7-5-8-24(22)34)32(43)39(31(28)42)25-9-6-10-27(45-4)29(25)35/h5-14H,15-18H2,1-4H3. The highest BCUT2D eigenvalue weighted by Crippen LogP contribution is 2.25. The highest BCUT2D eigenvalue weighted by atomic mass is 19.1. The van der Waals surface area contributed by atoms with Gasteiger partial charge in [0.25, 0.3) is 5.56 Å². The molecule has 0 fully saturated rings. The summed E-state index contributed by atoms with van der Waals surface area (Å²) in [7, 11) is 6.20. The van der Waals surface area contributed by atoms with Crippen LogP contribution < -0.4 is 16.0 Å². The molecule has 0 saturated carbocycles. The first-order valence-electron chi connectivity index (χ1n) is 13.8. The molecule has 0 bridgehead atoms. The fourth-order valence-electron chi connectivity index (χ4n) is 5.14. The Labute approximate surface area is 255 Å². The van der Waals surface area contributed by atoms with Crippen molar-refractivity contribution in [3.63, 3.8) is 0 Å². The van der Waals surface area contributed by atoms with Crippen LogP contribution in [-0.4, -0.2) is 64.5 Å². The molecule has 2 aromatic heterocycles. The summed E-state index contributed by atoms with van der Waals surface area (Å²) < 4.78 is 58.3. The van der Waals surface area contributed by atoms with E-state index in [9.17, 15) is 23.2 Å². The second kappa shape index (κ2) is 12.9. The van der Waals surface area contributed by atoms with E-state index in [1.807, 2.05) is 0 Å². The van der Waals surface area contributed by atoms with Gasteiger partial charge in [-0.3, -0.25) is 14.2 Å². The Bertz CT molecular complexity index is 2000.